The van der Waals surface area contributed by atoms with E-state index in [2.05, 4.69) is 59.9 Å². The maximum atomic E-state index is 16.1. The number of carbonyl (C=O) groups is 4. The first kappa shape index (κ1) is 96.9. The van der Waals surface area contributed by atoms with Gasteiger partial charge in [-0.05, 0) is 194 Å². The van der Waals surface area contributed by atoms with Gasteiger partial charge in [-0.2, -0.15) is 23.7 Å². The van der Waals surface area contributed by atoms with Crippen LogP contribution in [0.5, 0.6) is 5.75 Å². The zero-order valence-electron chi connectivity index (χ0n) is 76.8. The first-order chi connectivity index (χ1) is 63.1. The molecule has 0 spiro atoms. The summed E-state index contributed by atoms with van der Waals surface area (Å²) in [6, 6.07) is 27.1. The van der Waals surface area contributed by atoms with E-state index in [1.807, 2.05) is 138 Å². The van der Waals surface area contributed by atoms with Crippen molar-refractivity contribution in [2.45, 2.75) is 158 Å². The number of nitrogens with one attached hydrogen (secondary N) is 1. The van der Waals surface area contributed by atoms with Gasteiger partial charge in [-0.3, -0.25) is 24.2 Å². The van der Waals surface area contributed by atoms with E-state index in [1.54, 1.807) is 81.6 Å². The molecule has 4 N–H and O–H groups in total. The Labute approximate surface area is 775 Å². The number of nitrogens with two attached hydrogens (primary N) is 1. The Balaban J connectivity index is 0.000000170. The minimum absolute atomic E-state index is 0.00989. The fourth-order valence-electron chi connectivity index (χ4n) is 17.6. The van der Waals surface area contributed by atoms with Gasteiger partial charge in [0, 0.05) is 99.9 Å². The van der Waals surface area contributed by atoms with Crippen LogP contribution >= 0.6 is 23.2 Å². The largest absolute Gasteiger partial charge is 0.507 e. The molecular weight excluding hydrogens is 1750 g/mol. The second-order valence-corrected chi connectivity index (χ2v) is 35.6. The number of halogens is 7. The van der Waals surface area contributed by atoms with Gasteiger partial charge in [-0.25, -0.2) is 61.2 Å². The van der Waals surface area contributed by atoms with Gasteiger partial charge in [0.2, 0.25) is 17.7 Å². The van der Waals surface area contributed by atoms with Crippen LogP contribution in [0.1, 0.15) is 133 Å². The number of rotatable bonds is 19. The smallest absolute Gasteiger partial charge is 0.355 e. The maximum Gasteiger partial charge on any atom is 0.355 e. The molecule has 3 saturated heterocycles. The lowest BCUT2D eigenvalue weighted by molar-refractivity contribution is -0.129. The van der Waals surface area contributed by atoms with Crippen LogP contribution in [0.3, 0.4) is 0 Å². The third-order valence-corrected chi connectivity index (χ3v) is 24.5. The number of aromatic nitrogens is 11. The predicted molar refractivity (Wildman–Crippen MR) is 512 cm³/mol. The fraction of sp³-hybridized carbons (Fsp3) is 0.337. The van der Waals surface area contributed by atoms with E-state index < -0.39 is 63.9 Å². The van der Waals surface area contributed by atoms with E-state index in [4.69, 9.17) is 38.9 Å². The molecule has 4 unspecified atom stereocenters. The van der Waals surface area contributed by atoms with Gasteiger partial charge < -0.3 is 50.5 Å². The van der Waals surface area contributed by atoms with Gasteiger partial charge in [0.05, 0.1) is 77.3 Å². The standard InChI is InChI=1S/C35H40F2N6O3.C33H34ClF2N7O3.C30H31ClFN7O2/c1-9-29(45)41-16-22(6)42(17-21(41)5)33-25-15-27(37)31(30-26(36)11-10-12-28(30)44)38-34(25)43(35(46)39-33)32-20(4)13-23(18-40(7)8)14-24(32)19(2)3;1-7-25(44)41-15-20(6)42(16-19(41)5)30-22-14-23(34)27(21-10-8-9-11-24(21)38-32(45)29(35)36)39-31(22)43(33(46)40-30)28-18(4)12-13-37-26(28)17(2)3;1-6-24(40)37-11-12-38(18(5)15-37)28-20-14-21(31)26(19-9-7-8-10-22(19)32)35-29(20)39(30(41)36-28)27-17(4)13-23(33)34-25(27)16(2)3/h9-15,19,21-22,44H,1,16-18H2,2-8H3;7-14,17,19-20,29H,1,15-16H2,2-6H3,(H,38,45);6-10,13-14,16,18H,1,11-12,15H2,2-5H3,(H2,33,34)/t;;18-/m..0/s1. The van der Waals surface area contributed by atoms with E-state index >= 15 is 8.78 Å². The molecule has 28 nitrogen and oxygen atoms in total. The monoisotopic (exact) mass is 1850 g/mol. The zero-order valence-corrected chi connectivity index (χ0v) is 78.3. The van der Waals surface area contributed by atoms with Gasteiger partial charge in [-0.15, -0.1) is 0 Å². The Morgan fingerprint density at radius 1 is 0.519 bits per heavy atom. The van der Waals surface area contributed by atoms with Gasteiger partial charge in [0.25, 0.3) is 5.91 Å². The molecule has 0 bridgehead atoms. The minimum Gasteiger partial charge on any atom is -0.507 e. The molecule has 0 saturated carbocycles. The molecule has 35 heteroatoms. The van der Waals surface area contributed by atoms with E-state index in [0.717, 1.165) is 28.3 Å². The Hall–Kier alpha value is -13.7. The van der Waals surface area contributed by atoms with Gasteiger partial charge in [0.1, 0.15) is 46.3 Å². The van der Waals surface area contributed by atoms with Crippen LogP contribution in [-0.4, -0.2) is 198 Å². The summed E-state index contributed by atoms with van der Waals surface area (Å²) in [5.41, 5.74) is 12.0. The first-order valence-corrected chi connectivity index (χ1v) is 44.2. The SMILES string of the molecule is C=CC(=O)N1CC(C)N(c2nc(=O)n(-c3c(C)cc(CN(C)C)cc3C(C)C)c3nc(-c4c(O)cccc4F)c(F)cc23)CC1C.C=CC(=O)N1CC(C)N(c2nc(=O)n(-c3c(C)ccnc3C(C)C)c3nc(-c4ccccc4NC(=O)C(F)F)c(Cl)cc23)CC1C.C=CC(=O)N1CCN(c2nc(=O)n(-c3c(C)cc(N)nc3C(C)C)c3nc(-c4ccccc4F)c(Cl)cc23)[C@@H](C)C1. The number of phenols is 1. The number of pyridine rings is 5. The molecule has 11 heterocycles. The van der Waals surface area contributed by atoms with Crippen LogP contribution in [0, 0.1) is 38.2 Å². The summed E-state index contributed by atoms with van der Waals surface area (Å²) in [4.78, 5) is 142. The van der Waals surface area contributed by atoms with Crippen molar-refractivity contribution >= 4 is 109 Å². The first-order valence-electron chi connectivity index (χ1n) is 43.5. The van der Waals surface area contributed by atoms with Crippen molar-refractivity contribution in [3.05, 3.63) is 252 Å². The van der Waals surface area contributed by atoms with Gasteiger partial charge in [0.15, 0.2) is 22.8 Å². The van der Waals surface area contributed by atoms with Gasteiger partial charge in [-0.1, -0.05) is 133 Å². The second kappa shape index (κ2) is 39.8. The molecule has 3 aliphatic heterocycles. The van der Waals surface area contributed by atoms with E-state index in [1.165, 1.54) is 62.3 Å². The topological polar surface area (TPSA) is 318 Å². The summed E-state index contributed by atoms with van der Waals surface area (Å²) in [6.45, 7) is 41.2. The number of amides is 4. The van der Waals surface area contributed by atoms with Crippen LogP contribution in [0.25, 0.3) is 83.9 Å². The maximum absolute atomic E-state index is 16.1. The molecule has 12 aromatic rings. The third-order valence-electron chi connectivity index (χ3n) is 23.9. The normalized spacial score (nSPS) is 16.4. The summed E-state index contributed by atoms with van der Waals surface area (Å²) >= 11 is 13.6. The Morgan fingerprint density at radius 2 is 0.992 bits per heavy atom. The van der Waals surface area contributed by atoms with Crippen molar-refractivity contribution in [1.82, 2.24) is 73.2 Å². The number of anilines is 5. The molecule has 0 radical (unpaired) electrons. The molecule has 0 aliphatic carbocycles. The van der Waals surface area contributed by atoms with Crippen LogP contribution in [0.2, 0.25) is 10.0 Å². The average Bonchev–Trinajstić information content (AvgIpc) is 0.734. The second-order valence-electron chi connectivity index (χ2n) is 34.8. The van der Waals surface area contributed by atoms with E-state index in [0.29, 0.717) is 115 Å². The van der Waals surface area contributed by atoms with Crippen molar-refractivity contribution in [2.24, 2.45) is 0 Å². The lowest BCUT2D eigenvalue weighted by Crippen LogP contribution is -2.58. The Morgan fingerprint density at radius 3 is 1.50 bits per heavy atom. The average molecular weight is 1860 g/mol. The number of fused-ring (bicyclic) bond motifs is 3. The lowest BCUT2D eigenvalue weighted by Gasteiger charge is -2.44. The number of aryl methyl sites for hydroxylation is 3. The molecule has 133 heavy (non-hydrogen) atoms. The summed E-state index contributed by atoms with van der Waals surface area (Å²) in [6.07, 6.45) is 2.28. The summed E-state index contributed by atoms with van der Waals surface area (Å²) in [7, 11) is 3.96. The summed E-state index contributed by atoms with van der Waals surface area (Å²) in [5, 5.41) is 14.4. The number of hydrogen-bond acceptors (Lipinski definition) is 21. The molecule has 3 aliphatic rings. The highest BCUT2D eigenvalue weighted by atomic mass is 35.5. The molecule has 15 rings (SSSR count). The van der Waals surface area contributed by atoms with E-state index in [9.17, 15) is 51.8 Å². The quantitative estimate of drug-likeness (QED) is 0.0500. The number of carbonyl (C=O) groups excluding carboxylic acids is 4. The predicted octanol–water partition coefficient (Wildman–Crippen LogP) is 16.2. The van der Waals surface area contributed by atoms with E-state index in [-0.39, 0.29) is 132 Å². The molecule has 8 aromatic heterocycles. The number of hydrogen-bond donors (Lipinski definition) is 3. The number of aromatic hydroxyl groups is 1. The number of piperazine rings is 3. The van der Waals surface area contributed by atoms with Crippen LogP contribution in [-0.2, 0) is 25.7 Å². The van der Waals surface area contributed by atoms with Crippen LogP contribution in [0.4, 0.5) is 50.9 Å². The molecule has 694 valence electrons. The van der Waals surface area contributed by atoms with Crippen LogP contribution in [0.15, 0.2) is 168 Å². The number of benzene rings is 4. The van der Waals surface area contributed by atoms with Crippen molar-refractivity contribution in [1.29, 1.82) is 0 Å². The van der Waals surface area contributed by atoms with Gasteiger partial charge >= 0.3 is 23.5 Å². The minimum atomic E-state index is -3.23. The lowest BCUT2D eigenvalue weighted by atomic mass is 9.94. The summed E-state index contributed by atoms with van der Waals surface area (Å²) < 4.78 is 76.7. The van der Waals surface area contributed by atoms with Crippen molar-refractivity contribution in [3.8, 4) is 56.6 Å². The summed E-state index contributed by atoms with van der Waals surface area (Å²) in [5.74, 6) is -3.61. The number of alkyl halides is 2. The fourth-order valence-corrected chi connectivity index (χ4v) is 18.1. The zero-order chi connectivity index (χ0) is 96.6. The number of nitrogen functional groups attached to an aromatic ring is 1. The number of para-hydroxylation sites is 1. The molecule has 5 atom stereocenters. The van der Waals surface area contributed by atoms with Crippen LogP contribution < -0.4 is 42.8 Å². The van der Waals surface area contributed by atoms with Crippen molar-refractivity contribution in [2.75, 3.05) is 85.7 Å². The highest BCUT2D eigenvalue weighted by molar-refractivity contribution is 6.34. The molecular formula is C98H105Cl2F5N20O8. The number of phenolic OH excluding ortho intramolecular Hbond substituents is 1. The number of nitrogens with zero attached hydrogens (tertiary/aromatic N) is 18. The Kier molecular flexibility index (Phi) is 29.0. The van der Waals surface area contributed by atoms with Crippen molar-refractivity contribution in [3.63, 3.8) is 0 Å². The Bertz CT molecular complexity index is 6830. The highest BCUT2D eigenvalue weighted by Crippen LogP contribution is 2.43. The third kappa shape index (κ3) is 19.4. The molecule has 3 fully saturated rings. The highest BCUT2D eigenvalue weighted by Gasteiger charge is 2.39. The van der Waals surface area contributed by atoms with Crippen molar-refractivity contribution < 1.29 is 46.2 Å². The molecule has 4 aromatic carbocycles. The molecule has 4 amide bonds.